The summed E-state index contributed by atoms with van der Waals surface area (Å²) in [6, 6.07) is 8.01. The van der Waals surface area contributed by atoms with Crippen LogP contribution in [0.1, 0.15) is 38.2 Å². The SMILES string of the molecule is CC1CC(CNC2CC2)(c2ccccc2F)C1. The van der Waals surface area contributed by atoms with Gasteiger partial charge in [-0.2, -0.15) is 0 Å². The highest BCUT2D eigenvalue weighted by Crippen LogP contribution is 2.48. The second-order valence-electron chi connectivity index (χ2n) is 5.93. The first kappa shape index (κ1) is 11.2. The van der Waals surface area contributed by atoms with E-state index in [4.69, 9.17) is 0 Å². The zero-order valence-corrected chi connectivity index (χ0v) is 10.4. The van der Waals surface area contributed by atoms with E-state index < -0.39 is 0 Å². The lowest BCUT2D eigenvalue weighted by atomic mass is 9.59. The van der Waals surface area contributed by atoms with Gasteiger partial charge in [0.25, 0.3) is 0 Å². The molecule has 0 bridgehead atoms. The van der Waals surface area contributed by atoms with E-state index in [2.05, 4.69) is 12.2 Å². The van der Waals surface area contributed by atoms with Gasteiger partial charge >= 0.3 is 0 Å². The fourth-order valence-corrected chi connectivity index (χ4v) is 3.25. The Morgan fingerprint density at radius 2 is 2.00 bits per heavy atom. The van der Waals surface area contributed by atoms with E-state index in [-0.39, 0.29) is 11.2 Å². The van der Waals surface area contributed by atoms with Crippen LogP contribution in [0.4, 0.5) is 4.39 Å². The third-order valence-electron chi connectivity index (χ3n) is 4.23. The smallest absolute Gasteiger partial charge is 0.127 e. The lowest BCUT2D eigenvalue weighted by Crippen LogP contribution is -2.48. The molecule has 0 saturated heterocycles. The minimum atomic E-state index is -0.0306. The summed E-state index contributed by atoms with van der Waals surface area (Å²) in [5.74, 6) is 0.701. The van der Waals surface area contributed by atoms with Crippen molar-refractivity contribution >= 4 is 0 Å². The fraction of sp³-hybridized carbons (Fsp3) is 0.600. The molecule has 0 atom stereocenters. The first-order chi connectivity index (χ1) is 8.20. The number of hydrogen-bond donors (Lipinski definition) is 1. The van der Waals surface area contributed by atoms with E-state index >= 15 is 0 Å². The van der Waals surface area contributed by atoms with Crippen LogP contribution in [-0.4, -0.2) is 12.6 Å². The van der Waals surface area contributed by atoms with Gasteiger partial charge in [-0.05, 0) is 43.2 Å². The van der Waals surface area contributed by atoms with Crippen molar-refractivity contribution in [1.82, 2.24) is 5.32 Å². The Bertz CT molecular complexity index is 405. The first-order valence-corrected chi connectivity index (χ1v) is 6.68. The highest BCUT2D eigenvalue weighted by Gasteiger charge is 2.45. The Kier molecular flexibility index (Phi) is 2.70. The van der Waals surface area contributed by atoms with Crippen LogP contribution in [0.3, 0.4) is 0 Å². The Balaban J connectivity index is 1.81. The Hall–Kier alpha value is -0.890. The quantitative estimate of drug-likeness (QED) is 0.841. The van der Waals surface area contributed by atoms with Crippen LogP contribution in [0.25, 0.3) is 0 Å². The van der Waals surface area contributed by atoms with Gasteiger partial charge in [0.1, 0.15) is 5.82 Å². The molecule has 2 aliphatic carbocycles. The summed E-state index contributed by atoms with van der Waals surface area (Å²) in [5, 5.41) is 3.58. The van der Waals surface area contributed by atoms with Gasteiger partial charge in [-0.15, -0.1) is 0 Å². The Morgan fingerprint density at radius 1 is 1.29 bits per heavy atom. The zero-order chi connectivity index (χ0) is 11.9. The maximum absolute atomic E-state index is 13.9. The van der Waals surface area contributed by atoms with E-state index in [1.165, 1.54) is 12.8 Å². The average molecular weight is 233 g/mol. The molecular formula is C15H20FN. The average Bonchev–Trinajstić information content (AvgIpc) is 3.07. The molecule has 1 N–H and O–H groups in total. The number of hydrogen-bond acceptors (Lipinski definition) is 1. The van der Waals surface area contributed by atoms with Gasteiger partial charge in [0.2, 0.25) is 0 Å². The van der Waals surface area contributed by atoms with Gasteiger partial charge < -0.3 is 5.32 Å². The largest absolute Gasteiger partial charge is 0.313 e. The molecule has 2 fully saturated rings. The van der Waals surface area contributed by atoms with Crippen LogP contribution >= 0.6 is 0 Å². The second kappa shape index (κ2) is 4.09. The summed E-state index contributed by atoms with van der Waals surface area (Å²) >= 11 is 0. The van der Waals surface area contributed by atoms with E-state index in [9.17, 15) is 4.39 Å². The van der Waals surface area contributed by atoms with Crippen LogP contribution < -0.4 is 5.32 Å². The second-order valence-corrected chi connectivity index (χ2v) is 5.93. The predicted molar refractivity (Wildman–Crippen MR) is 67.5 cm³/mol. The van der Waals surface area contributed by atoms with E-state index in [1.807, 2.05) is 12.1 Å². The van der Waals surface area contributed by atoms with Crippen LogP contribution in [-0.2, 0) is 5.41 Å². The van der Waals surface area contributed by atoms with Crippen LogP contribution in [0, 0.1) is 11.7 Å². The summed E-state index contributed by atoms with van der Waals surface area (Å²) in [6.45, 7) is 3.21. The number of benzene rings is 1. The van der Waals surface area contributed by atoms with Crippen molar-refractivity contribution in [1.29, 1.82) is 0 Å². The molecule has 3 rings (SSSR count). The molecule has 0 spiro atoms. The molecule has 0 aromatic heterocycles. The van der Waals surface area contributed by atoms with Gasteiger partial charge in [-0.3, -0.25) is 0 Å². The van der Waals surface area contributed by atoms with Crippen molar-refractivity contribution in [3.05, 3.63) is 35.6 Å². The maximum atomic E-state index is 13.9. The predicted octanol–water partition coefficient (Wildman–Crippen LogP) is 3.25. The number of rotatable bonds is 4. The van der Waals surface area contributed by atoms with Gasteiger partial charge in [0, 0.05) is 18.0 Å². The molecule has 17 heavy (non-hydrogen) atoms. The van der Waals surface area contributed by atoms with Crippen molar-refractivity contribution in [2.24, 2.45) is 5.92 Å². The third kappa shape index (κ3) is 2.11. The first-order valence-electron chi connectivity index (χ1n) is 6.68. The van der Waals surface area contributed by atoms with Crippen molar-refractivity contribution < 1.29 is 4.39 Å². The van der Waals surface area contributed by atoms with E-state index in [0.717, 1.165) is 30.9 Å². The third-order valence-corrected chi connectivity index (χ3v) is 4.23. The minimum absolute atomic E-state index is 0.0306. The molecule has 1 aromatic carbocycles. The van der Waals surface area contributed by atoms with Gasteiger partial charge in [0.15, 0.2) is 0 Å². The van der Waals surface area contributed by atoms with Crippen molar-refractivity contribution in [2.45, 2.75) is 44.1 Å². The normalized spacial score (nSPS) is 32.2. The van der Waals surface area contributed by atoms with Crippen molar-refractivity contribution in [3.8, 4) is 0 Å². The van der Waals surface area contributed by atoms with Crippen molar-refractivity contribution in [2.75, 3.05) is 6.54 Å². The number of halogens is 1. The van der Waals surface area contributed by atoms with Gasteiger partial charge in [0.05, 0.1) is 0 Å². The van der Waals surface area contributed by atoms with Gasteiger partial charge in [-0.25, -0.2) is 4.39 Å². The molecule has 0 amide bonds. The molecule has 1 aromatic rings. The molecule has 2 saturated carbocycles. The molecule has 1 nitrogen and oxygen atoms in total. The molecule has 2 heteroatoms. The monoisotopic (exact) mass is 233 g/mol. The molecule has 0 unspecified atom stereocenters. The molecule has 0 radical (unpaired) electrons. The number of nitrogens with one attached hydrogen (secondary N) is 1. The van der Waals surface area contributed by atoms with Gasteiger partial charge in [-0.1, -0.05) is 25.1 Å². The van der Waals surface area contributed by atoms with Crippen molar-refractivity contribution in [3.63, 3.8) is 0 Å². The van der Waals surface area contributed by atoms with Crippen LogP contribution in [0.2, 0.25) is 0 Å². The summed E-state index contributed by atoms with van der Waals surface area (Å²) in [6.07, 6.45) is 4.83. The highest BCUT2D eigenvalue weighted by molar-refractivity contribution is 5.31. The standard InChI is InChI=1S/C15H20FN/c1-11-8-15(9-11,10-17-12-6-7-12)13-4-2-3-5-14(13)16/h2-5,11-12,17H,6-10H2,1H3. The fourth-order valence-electron chi connectivity index (χ4n) is 3.25. The Labute approximate surface area is 102 Å². The summed E-state index contributed by atoms with van der Waals surface area (Å²) < 4.78 is 13.9. The lowest BCUT2D eigenvalue weighted by molar-refractivity contribution is 0.147. The lowest BCUT2D eigenvalue weighted by Gasteiger charge is -2.47. The molecule has 0 aliphatic heterocycles. The minimum Gasteiger partial charge on any atom is -0.313 e. The summed E-state index contributed by atoms with van der Waals surface area (Å²) in [5.41, 5.74) is 0.985. The maximum Gasteiger partial charge on any atom is 0.127 e. The molecule has 2 aliphatic rings. The van der Waals surface area contributed by atoms with Crippen LogP contribution in [0.15, 0.2) is 24.3 Å². The Morgan fingerprint density at radius 3 is 2.59 bits per heavy atom. The molecular weight excluding hydrogens is 213 g/mol. The summed E-state index contributed by atoms with van der Waals surface area (Å²) in [4.78, 5) is 0. The molecule has 0 heterocycles. The summed E-state index contributed by atoms with van der Waals surface area (Å²) in [7, 11) is 0. The van der Waals surface area contributed by atoms with Crippen LogP contribution in [0.5, 0.6) is 0 Å². The van der Waals surface area contributed by atoms with E-state index in [1.54, 1.807) is 12.1 Å². The zero-order valence-electron chi connectivity index (χ0n) is 10.4. The molecule has 92 valence electrons. The topological polar surface area (TPSA) is 12.0 Å². The van der Waals surface area contributed by atoms with E-state index in [0.29, 0.717) is 6.04 Å². The highest BCUT2D eigenvalue weighted by atomic mass is 19.1.